The Labute approximate surface area is 156 Å². The van der Waals surface area contributed by atoms with Crippen LogP contribution in [0.3, 0.4) is 0 Å². The molecular formula is C22H28FN3. The number of hydrogen-bond donors (Lipinski definition) is 0. The summed E-state index contributed by atoms with van der Waals surface area (Å²) in [6, 6.07) is 11.7. The second-order valence-electron chi connectivity index (χ2n) is 7.61. The molecule has 3 rings (SSSR count). The lowest BCUT2D eigenvalue weighted by Gasteiger charge is -2.32. The number of alkyl halides is 1. The second kappa shape index (κ2) is 7.10. The first kappa shape index (κ1) is 18.4. The Morgan fingerprint density at radius 1 is 1.15 bits per heavy atom. The van der Waals surface area contributed by atoms with Crippen molar-refractivity contribution in [3.63, 3.8) is 0 Å². The summed E-state index contributed by atoms with van der Waals surface area (Å²) in [6.07, 6.45) is 2.25. The molecule has 0 spiro atoms. The van der Waals surface area contributed by atoms with Crippen molar-refractivity contribution in [3.8, 4) is 11.3 Å². The van der Waals surface area contributed by atoms with E-state index in [4.69, 9.17) is 4.98 Å². The number of anilines is 2. The van der Waals surface area contributed by atoms with Gasteiger partial charge < -0.3 is 9.80 Å². The topological polar surface area (TPSA) is 19.4 Å². The van der Waals surface area contributed by atoms with Crippen molar-refractivity contribution < 1.29 is 4.39 Å². The molecular weight excluding hydrogens is 325 g/mol. The van der Waals surface area contributed by atoms with Crippen LogP contribution in [0, 0.1) is 0 Å². The molecule has 3 nitrogen and oxygen atoms in total. The van der Waals surface area contributed by atoms with Crippen LogP contribution >= 0.6 is 0 Å². The molecule has 0 atom stereocenters. The van der Waals surface area contributed by atoms with Crippen molar-refractivity contribution in [2.45, 2.75) is 39.3 Å². The SMILES string of the molecule is C=C(C)N1CCCCN(C)c2ccc(-c3cccc(C(C)(C)F)c3)nc21. The van der Waals surface area contributed by atoms with Crippen molar-refractivity contribution in [1.82, 2.24) is 4.98 Å². The second-order valence-corrected chi connectivity index (χ2v) is 7.61. The Bertz CT molecular complexity index is 807. The van der Waals surface area contributed by atoms with Gasteiger partial charge in [-0.25, -0.2) is 9.37 Å². The van der Waals surface area contributed by atoms with Gasteiger partial charge in [-0.1, -0.05) is 24.8 Å². The Hall–Kier alpha value is -2.36. The van der Waals surface area contributed by atoms with Gasteiger partial charge in [0, 0.05) is 31.4 Å². The number of fused-ring (bicyclic) bond motifs is 1. The van der Waals surface area contributed by atoms with E-state index in [1.165, 1.54) is 0 Å². The number of pyridine rings is 1. The van der Waals surface area contributed by atoms with E-state index in [1.807, 2.05) is 37.3 Å². The van der Waals surface area contributed by atoms with Gasteiger partial charge in [0.2, 0.25) is 0 Å². The minimum absolute atomic E-state index is 0.664. The molecule has 1 aliphatic rings. The van der Waals surface area contributed by atoms with Crippen LogP contribution in [0.5, 0.6) is 0 Å². The highest BCUT2D eigenvalue weighted by molar-refractivity contribution is 5.74. The zero-order valence-corrected chi connectivity index (χ0v) is 16.2. The highest BCUT2D eigenvalue weighted by atomic mass is 19.1. The Balaban J connectivity index is 2.10. The first-order chi connectivity index (χ1) is 12.3. The average molecular weight is 353 g/mol. The van der Waals surface area contributed by atoms with Gasteiger partial charge in [0.05, 0.1) is 11.4 Å². The van der Waals surface area contributed by atoms with Crippen LogP contribution in [0.2, 0.25) is 0 Å². The number of allylic oxidation sites excluding steroid dienone is 1. The lowest BCUT2D eigenvalue weighted by Crippen LogP contribution is -2.30. The Kier molecular flexibility index (Phi) is 5.03. The van der Waals surface area contributed by atoms with Crippen molar-refractivity contribution in [1.29, 1.82) is 0 Å². The normalized spacial score (nSPS) is 15.3. The average Bonchev–Trinajstić information content (AvgIpc) is 2.58. The maximum absolute atomic E-state index is 14.4. The van der Waals surface area contributed by atoms with E-state index in [9.17, 15) is 4.39 Å². The van der Waals surface area contributed by atoms with Crippen LogP contribution in [0.1, 0.15) is 39.2 Å². The zero-order valence-electron chi connectivity index (χ0n) is 16.2. The predicted octanol–water partition coefficient (Wildman–Crippen LogP) is 5.52. The number of benzene rings is 1. The number of nitrogens with zero attached hydrogens (tertiary/aromatic N) is 3. The molecule has 2 aromatic rings. The molecule has 0 saturated carbocycles. The van der Waals surface area contributed by atoms with Gasteiger partial charge in [0.25, 0.3) is 0 Å². The summed E-state index contributed by atoms with van der Waals surface area (Å²) in [7, 11) is 2.11. The first-order valence-electron chi connectivity index (χ1n) is 9.22. The maximum atomic E-state index is 14.4. The van der Waals surface area contributed by atoms with E-state index in [-0.39, 0.29) is 0 Å². The molecule has 26 heavy (non-hydrogen) atoms. The molecule has 0 saturated heterocycles. The Morgan fingerprint density at radius 3 is 2.58 bits per heavy atom. The molecule has 0 unspecified atom stereocenters. The van der Waals surface area contributed by atoms with Crippen LogP contribution in [-0.2, 0) is 5.67 Å². The third kappa shape index (κ3) is 3.74. The minimum atomic E-state index is -1.37. The van der Waals surface area contributed by atoms with Gasteiger partial charge in [0.15, 0.2) is 5.82 Å². The van der Waals surface area contributed by atoms with Gasteiger partial charge in [-0.15, -0.1) is 0 Å². The molecule has 0 aliphatic carbocycles. The summed E-state index contributed by atoms with van der Waals surface area (Å²) >= 11 is 0. The summed E-state index contributed by atoms with van der Waals surface area (Å²) in [6.45, 7) is 11.3. The first-order valence-corrected chi connectivity index (χ1v) is 9.22. The lowest BCUT2D eigenvalue weighted by molar-refractivity contribution is 0.221. The van der Waals surface area contributed by atoms with Crippen LogP contribution in [0.4, 0.5) is 15.9 Å². The van der Waals surface area contributed by atoms with Crippen LogP contribution in [-0.4, -0.2) is 25.1 Å². The minimum Gasteiger partial charge on any atom is -0.372 e. The molecule has 1 aliphatic heterocycles. The van der Waals surface area contributed by atoms with E-state index in [0.29, 0.717) is 5.56 Å². The smallest absolute Gasteiger partial charge is 0.157 e. The fourth-order valence-electron chi connectivity index (χ4n) is 3.36. The third-order valence-electron chi connectivity index (χ3n) is 4.95. The van der Waals surface area contributed by atoms with Gasteiger partial charge >= 0.3 is 0 Å². The van der Waals surface area contributed by atoms with E-state index in [1.54, 1.807) is 13.8 Å². The quantitative estimate of drug-likeness (QED) is 0.724. The summed E-state index contributed by atoms with van der Waals surface area (Å²) in [5.41, 5.74) is 3.18. The third-order valence-corrected chi connectivity index (χ3v) is 4.95. The van der Waals surface area contributed by atoms with Gasteiger partial charge in [-0.2, -0.15) is 0 Å². The largest absolute Gasteiger partial charge is 0.372 e. The van der Waals surface area contributed by atoms with Crippen LogP contribution in [0.15, 0.2) is 48.7 Å². The van der Waals surface area contributed by atoms with Gasteiger partial charge in [0.1, 0.15) is 5.67 Å². The van der Waals surface area contributed by atoms with Gasteiger partial charge in [-0.05, 0) is 57.4 Å². The molecule has 0 amide bonds. The number of rotatable bonds is 3. The fourth-order valence-corrected chi connectivity index (χ4v) is 3.36. The van der Waals surface area contributed by atoms with E-state index in [0.717, 1.165) is 54.4 Å². The van der Waals surface area contributed by atoms with E-state index >= 15 is 0 Å². The molecule has 4 heteroatoms. The fraction of sp³-hybridized carbons (Fsp3) is 0.409. The zero-order chi connectivity index (χ0) is 18.9. The molecule has 1 aromatic heterocycles. The van der Waals surface area contributed by atoms with Crippen LogP contribution < -0.4 is 9.80 Å². The maximum Gasteiger partial charge on any atom is 0.157 e. The number of aromatic nitrogens is 1. The summed E-state index contributed by atoms with van der Waals surface area (Å²) in [4.78, 5) is 9.41. The molecule has 0 fully saturated rings. The predicted molar refractivity (Wildman–Crippen MR) is 108 cm³/mol. The molecule has 0 bridgehead atoms. The molecule has 0 radical (unpaired) electrons. The number of halogens is 1. The van der Waals surface area contributed by atoms with Crippen molar-refractivity contribution in [2.75, 3.05) is 29.9 Å². The number of hydrogen-bond acceptors (Lipinski definition) is 3. The standard InChI is InChI=1S/C22H28FN3/c1-16(2)26-14-7-6-13-25(5)20-12-11-19(24-21(20)26)17-9-8-10-18(15-17)22(3,4)23/h8-12,15H,1,6-7,13-14H2,2-5H3. The monoisotopic (exact) mass is 353 g/mol. The van der Waals surface area contributed by atoms with E-state index in [2.05, 4.69) is 29.5 Å². The highest BCUT2D eigenvalue weighted by Crippen LogP contribution is 2.35. The molecule has 0 N–H and O–H groups in total. The summed E-state index contributed by atoms with van der Waals surface area (Å²) in [5.74, 6) is 0.933. The summed E-state index contributed by atoms with van der Waals surface area (Å²) in [5, 5.41) is 0. The van der Waals surface area contributed by atoms with Gasteiger partial charge in [-0.3, -0.25) is 0 Å². The Morgan fingerprint density at radius 2 is 1.88 bits per heavy atom. The molecule has 138 valence electrons. The van der Waals surface area contributed by atoms with E-state index < -0.39 is 5.67 Å². The van der Waals surface area contributed by atoms with Crippen molar-refractivity contribution in [3.05, 3.63) is 54.2 Å². The van der Waals surface area contributed by atoms with Crippen LogP contribution in [0.25, 0.3) is 11.3 Å². The summed E-state index contributed by atoms with van der Waals surface area (Å²) < 4.78 is 14.4. The van der Waals surface area contributed by atoms with Crippen molar-refractivity contribution >= 4 is 11.5 Å². The molecule has 1 aromatic carbocycles. The highest BCUT2D eigenvalue weighted by Gasteiger charge is 2.22. The van der Waals surface area contributed by atoms with Crippen molar-refractivity contribution in [2.24, 2.45) is 0 Å². The molecule has 2 heterocycles. The lowest BCUT2D eigenvalue weighted by atomic mass is 9.97.